The number of carbonyl (C=O) groups excluding carboxylic acids is 6. The number of nitrogens with two attached hydrogens (primary N) is 3. The first-order valence-corrected chi connectivity index (χ1v) is 14.0. The number of rotatable bonds is 17. The summed E-state index contributed by atoms with van der Waals surface area (Å²) in [7, 11) is 0. The number of benzene rings is 2. The number of primary amides is 2. The van der Waals surface area contributed by atoms with Gasteiger partial charge in [-0.3, -0.25) is 33.6 Å². The number of carbonyl (C=O) groups is 7. The second-order valence-electron chi connectivity index (χ2n) is 10.8. The Bertz CT molecular complexity index is 1430. The van der Waals surface area contributed by atoms with E-state index in [1.807, 2.05) is 24.3 Å². The van der Waals surface area contributed by atoms with Crippen LogP contribution >= 0.6 is 0 Å². The SMILES string of the molecule is CC(C)[C@H](NC(=O)[C@H](CO)NC(=O)[C@H](CC(N)=O)NC(=O)[C@H](Cc1ccc2ccccc2c1)NC(=O)[C@@H](N)CC(=O)O)C(N)=O. The quantitative estimate of drug-likeness (QED) is 0.0862. The second kappa shape index (κ2) is 16.7. The van der Waals surface area contributed by atoms with E-state index < -0.39 is 97.0 Å². The Balaban J connectivity index is 2.31. The van der Waals surface area contributed by atoms with Crippen molar-refractivity contribution >= 4 is 52.2 Å². The molecule has 0 aliphatic carbocycles. The van der Waals surface area contributed by atoms with E-state index in [2.05, 4.69) is 21.3 Å². The fourth-order valence-electron chi connectivity index (χ4n) is 4.34. The maximum atomic E-state index is 13.5. The number of hydrogen-bond acceptors (Lipinski definition) is 9. The van der Waals surface area contributed by atoms with Gasteiger partial charge in [-0.05, 0) is 22.3 Å². The molecule has 0 bridgehead atoms. The fraction of sp³-hybridized carbons (Fsp3) is 0.414. The van der Waals surface area contributed by atoms with Gasteiger partial charge in [-0.15, -0.1) is 0 Å². The van der Waals surface area contributed by atoms with Crippen LogP contribution in [0.25, 0.3) is 10.8 Å². The van der Waals surface area contributed by atoms with Gasteiger partial charge in [-0.1, -0.05) is 56.3 Å². The Labute approximate surface area is 258 Å². The van der Waals surface area contributed by atoms with Gasteiger partial charge in [0.2, 0.25) is 35.4 Å². The lowest BCUT2D eigenvalue weighted by atomic mass is 10.00. The van der Waals surface area contributed by atoms with Crippen molar-refractivity contribution < 1.29 is 43.8 Å². The van der Waals surface area contributed by atoms with Gasteiger partial charge in [-0.25, -0.2) is 0 Å². The molecule has 6 amide bonds. The minimum atomic E-state index is -1.67. The molecule has 16 heteroatoms. The molecular formula is C29H39N7O9. The lowest BCUT2D eigenvalue weighted by Crippen LogP contribution is -2.60. The first-order valence-electron chi connectivity index (χ1n) is 14.0. The highest BCUT2D eigenvalue weighted by Gasteiger charge is 2.33. The molecule has 5 atom stereocenters. The van der Waals surface area contributed by atoms with Crippen LogP contribution in [0.4, 0.5) is 0 Å². The van der Waals surface area contributed by atoms with E-state index in [4.69, 9.17) is 22.3 Å². The lowest BCUT2D eigenvalue weighted by Gasteiger charge is -2.26. The molecule has 0 heterocycles. The Kier molecular flexibility index (Phi) is 13.4. The number of carboxylic acid groups (broad SMARTS) is 1. The molecule has 0 fully saturated rings. The molecule has 2 aromatic carbocycles. The molecule has 0 aromatic heterocycles. The lowest BCUT2D eigenvalue weighted by molar-refractivity contribution is -0.140. The monoisotopic (exact) mass is 629 g/mol. The van der Waals surface area contributed by atoms with Gasteiger partial charge >= 0.3 is 5.97 Å². The highest BCUT2D eigenvalue weighted by Crippen LogP contribution is 2.17. The molecule has 16 nitrogen and oxygen atoms in total. The van der Waals surface area contributed by atoms with Crippen LogP contribution in [-0.4, -0.2) is 88.4 Å². The molecule has 0 saturated carbocycles. The van der Waals surface area contributed by atoms with E-state index in [0.29, 0.717) is 5.56 Å². The number of amides is 6. The molecule has 0 saturated heterocycles. The summed E-state index contributed by atoms with van der Waals surface area (Å²) in [6, 6.07) is 5.35. The molecule has 45 heavy (non-hydrogen) atoms. The first kappa shape index (κ1) is 36.1. The number of aliphatic carboxylic acids is 1. The normalized spacial score (nSPS) is 14.3. The number of aliphatic hydroxyl groups excluding tert-OH is 1. The van der Waals surface area contributed by atoms with E-state index in [1.165, 1.54) is 0 Å². The maximum Gasteiger partial charge on any atom is 0.305 e. The summed E-state index contributed by atoms with van der Waals surface area (Å²) >= 11 is 0. The van der Waals surface area contributed by atoms with Gasteiger partial charge in [0.25, 0.3) is 0 Å². The van der Waals surface area contributed by atoms with Crippen molar-refractivity contribution in [3.05, 3.63) is 48.0 Å². The van der Waals surface area contributed by atoms with Gasteiger partial charge in [-0.2, -0.15) is 0 Å². The van der Waals surface area contributed by atoms with Crippen molar-refractivity contribution in [2.24, 2.45) is 23.1 Å². The van der Waals surface area contributed by atoms with Crippen LogP contribution in [0.2, 0.25) is 0 Å². The highest BCUT2D eigenvalue weighted by molar-refractivity contribution is 5.98. The predicted octanol–water partition coefficient (Wildman–Crippen LogP) is -2.87. The number of aliphatic hydroxyl groups is 1. The Morgan fingerprint density at radius 1 is 0.733 bits per heavy atom. The van der Waals surface area contributed by atoms with Crippen molar-refractivity contribution in [3.8, 4) is 0 Å². The largest absolute Gasteiger partial charge is 0.481 e. The predicted molar refractivity (Wildman–Crippen MR) is 161 cm³/mol. The zero-order valence-electron chi connectivity index (χ0n) is 24.8. The Morgan fingerprint density at radius 2 is 1.29 bits per heavy atom. The molecule has 0 spiro atoms. The van der Waals surface area contributed by atoms with Crippen LogP contribution < -0.4 is 38.5 Å². The van der Waals surface area contributed by atoms with Crippen molar-refractivity contribution in [2.45, 2.75) is 63.3 Å². The molecule has 0 aliphatic heterocycles. The molecule has 244 valence electrons. The van der Waals surface area contributed by atoms with E-state index in [1.54, 1.807) is 32.0 Å². The highest BCUT2D eigenvalue weighted by atomic mass is 16.4. The minimum absolute atomic E-state index is 0.126. The third-order valence-electron chi connectivity index (χ3n) is 6.74. The first-order chi connectivity index (χ1) is 21.1. The second-order valence-corrected chi connectivity index (χ2v) is 10.8. The number of hydrogen-bond donors (Lipinski definition) is 9. The maximum absolute atomic E-state index is 13.5. The summed E-state index contributed by atoms with van der Waals surface area (Å²) in [5.74, 6) is -7.57. The Hall–Kier alpha value is -5.09. The minimum Gasteiger partial charge on any atom is -0.481 e. The zero-order chi connectivity index (χ0) is 33.8. The molecule has 12 N–H and O–H groups in total. The topological polar surface area (TPSA) is 286 Å². The average Bonchev–Trinajstić information content (AvgIpc) is 2.96. The molecule has 0 aliphatic rings. The van der Waals surface area contributed by atoms with Crippen LogP contribution in [0.15, 0.2) is 42.5 Å². The van der Waals surface area contributed by atoms with Crippen molar-refractivity contribution in [3.63, 3.8) is 0 Å². The third-order valence-corrected chi connectivity index (χ3v) is 6.74. The fourth-order valence-corrected chi connectivity index (χ4v) is 4.34. The van der Waals surface area contributed by atoms with Gasteiger partial charge in [0.05, 0.1) is 25.5 Å². The van der Waals surface area contributed by atoms with Gasteiger partial charge in [0.15, 0.2) is 0 Å². The summed E-state index contributed by atoms with van der Waals surface area (Å²) < 4.78 is 0. The zero-order valence-corrected chi connectivity index (χ0v) is 24.8. The van der Waals surface area contributed by atoms with Gasteiger partial charge in [0, 0.05) is 6.42 Å². The summed E-state index contributed by atoms with van der Waals surface area (Å²) in [6.07, 6.45) is -1.58. The summed E-state index contributed by atoms with van der Waals surface area (Å²) in [4.78, 5) is 86.5. The van der Waals surface area contributed by atoms with E-state index in [9.17, 15) is 38.7 Å². The van der Waals surface area contributed by atoms with Crippen molar-refractivity contribution in [1.29, 1.82) is 0 Å². The summed E-state index contributed by atoms with van der Waals surface area (Å²) in [5.41, 5.74) is 16.9. The molecule has 2 rings (SSSR count). The van der Waals surface area contributed by atoms with Gasteiger partial charge in [0.1, 0.15) is 24.2 Å². The van der Waals surface area contributed by atoms with Crippen LogP contribution in [0.3, 0.4) is 0 Å². The summed E-state index contributed by atoms with van der Waals surface area (Å²) in [6.45, 7) is 2.31. The number of fused-ring (bicyclic) bond motifs is 1. The molecule has 0 unspecified atom stereocenters. The number of nitrogens with one attached hydrogen (secondary N) is 4. The molecule has 2 aromatic rings. The standard InChI is InChI=1S/C29H39N7O9/c1-14(2)24(25(32)41)36-29(45)21(13-37)35-28(44)20(12-22(31)38)34-27(43)19(33-26(42)18(30)11-23(39)40)10-15-7-8-16-5-3-4-6-17(16)9-15/h3-9,14,18-21,24,37H,10-13,30H2,1-2H3,(H2,31,38)(H2,32,41)(H,33,42)(H,34,43)(H,35,44)(H,36,45)(H,39,40)/t18-,19-,20-,21-,24-/m0/s1. The van der Waals surface area contributed by atoms with Crippen LogP contribution in [0.1, 0.15) is 32.3 Å². The molecular weight excluding hydrogens is 590 g/mol. The average molecular weight is 630 g/mol. The van der Waals surface area contributed by atoms with Gasteiger partial charge < -0.3 is 48.7 Å². The van der Waals surface area contributed by atoms with Crippen LogP contribution in [-0.2, 0) is 40.0 Å². The van der Waals surface area contributed by atoms with Crippen LogP contribution in [0, 0.1) is 5.92 Å². The smallest absolute Gasteiger partial charge is 0.305 e. The van der Waals surface area contributed by atoms with Crippen molar-refractivity contribution in [2.75, 3.05) is 6.61 Å². The Morgan fingerprint density at radius 3 is 1.84 bits per heavy atom. The third kappa shape index (κ3) is 11.2. The van der Waals surface area contributed by atoms with Crippen LogP contribution in [0.5, 0.6) is 0 Å². The molecule has 0 radical (unpaired) electrons. The number of carboxylic acids is 1. The van der Waals surface area contributed by atoms with E-state index in [0.717, 1.165) is 10.8 Å². The van der Waals surface area contributed by atoms with Crippen molar-refractivity contribution in [1.82, 2.24) is 21.3 Å². The summed E-state index contributed by atoms with van der Waals surface area (Å²) in [5, 5.41) is 29.8. The van der Waals surface area contributed by atoms with E-state index in [-0.39, 0.29) is 6.42 Å². The van der Waals surface area contributed by atoms with E-state index >= 15 is 0 Å².